The number of rotatable bonds is 5. The second-order valence-electron chi connectivity index (χ2n) is 4.45. The zero-order valence-corrected chi connectivity index (χ0v) is 9.14. The Bertz CT molecular complexity index is 149. The Labute approximate surface area is 80.8 Å². The predicted molar refractivity (Wildman–Crippen MR) is 53.6 cm³/mol. The largest absolute Gasteiger partial charge is 0.375 e. The smallest absolute Gasteiger partial charge is 0.245 e. The van der Waals surface area contributed by atoms with Gasteiger partial charge in [-0.25, -0.2) is 0 Å². The van der Waals surface area contributed by atoms with Gasteiger partial charge in [-0.15, -0.1) is 0 Å². The van der Waals surface area contributed by atoms with Crippen molar-refractivity contribution in [2.24, 2.45) is 5.41 Å². The maximum atomic E-state index is 10.9. The molecule has 0 radical (unpaired) electrons. The lowest BCUT2D eigenvalue weighted by atomic mass is 9.91. The number of carbonyl (C=O) groups excluding carboxylic acids is 1. The van der Waals surface area contributed by atoms with E-state index in [1.807, 2.05) is 0 Å². The van der Waals surface area contributed by atoms with E-state index in [1.54, 1.807) is 0 Å². The molecule has 0 fully saturated rings. The molecule has 0 aliphatic rings. The van der Waals surface area contributed by atoms with Gasteiger partial charge in [0.25, 0.3) is 0 Å². The normalized spacial score (nSPS) is 11.4. The van der Waals surface area contributed by atoms with Crippen LogP contribution in [0.25, 0.3) is 0 Å². The van der Waals surface area contributed by atoms with Crippen LogP contribution in [0.4, 0.5) is 0 Å². The summed E-state index contributed by atoms with van der Waals surface area (Å²) in [6, 6.07) is 0. The fourth-order valence-electron chi connectivity index (χ4n) is 1.03. The van der Waals surface area contributed by atoms with E-state index >= 15 is 0 Å². The van der Waals surface area contributed by atoms with Crippen LogP contribution in [-0.2, 0) is 9.53 Å². The topological polar surface area (TPSA) is 38.3 Å². The molecule has 3 nitrogen and oxygen atoms in total. The molecule has 1 N–H and O–H groups in total. The van der Waals surface area contributed by atoms with Gasteiger partial charge >= 0.3 is 0 Å². The molecule has 78 valence electrons. The lowest BCUT2D eigenvalue weighted by Gasteiger charge is -2.17. The van der Waals surface area contributed by atoms with Crippen LogP contribution in [-0.4, -0.2) is 26.2 Å². The van der Waals surface area contributed by atoms with Crippen LogP contribution >= 0.6 is 0 Å². The van der Waals surface area contributed by atoms with Gasteiger partial charge in [-0.1, -0.05) is 20.8 Å². The molecule has 0 rings (SSSR count). The second-order valence-corrected chi connectivity index (χ2v) is 4.45. The minimum absolute atomic E-state index is 0.0311. The maximum Gasteiger partial charge on any atom is 0.245 e. The molecular weight excluding hydrogens is 166 g/mol. The summed E-state index contributed by atoms with van der Waals surface area (Å²) in [5, 5.41) is 2.79. The first-order valence-electron chi connectivity index (χ1n) is 4.71. The van der Waals surface area contributed by atoms with Crippen LogP contribution in [0.5, 0.6) is 0 Å². The van der Waals surface area contributed by atoms with Gasteiger partial charge in [-0.2, -0.15) is 0 Å². The molecule has 0 heterocycles. The number of hydrogen-bond acceptors (Lipinski definition) is 2. The fourth-order valence-corrected chi connectivity index (χ4v) is 1.03. The number of hydrogen-bond donors (Lipinski definition) is 1. The molecule has 0 bridgehead atoms. The molecule has 0 aliphatic heterocycles. The number of carbonyl (C=O) groups is 1. The summed E-state index contributed by atoms with van der Waals surface area (Å²) in [6.45, 7) is 7.51. The molecule has 3 heteroatoms. The van der Waals surface area contributed by atoms with Gasteiger partial charge in [-0.05, 0) is 18.3 Å². The van der Waals surface area contributed by atoms with Gasteiger partial charge < -0.3 is 10.1 Å². The van der Waals surface area contributed by atoms with E-state index < -0.39 is 0 Å². The van der Waals surface area contributed by atoms with E-state index in [2.05, 4.69) is 30.8 Å². The van der Waals surface area contributed by atoms with Crippen LogP contribution in [0.15, 0.2) is 0 Å². The summed E-state index contributed by atoms with van der Waals surface area (Å²) < 4.78 is 4.69. The summed E-state index contributed by atoms with van der Waals surface area (Å²) >= 11 is 0. The maximum absolute atomic E-state index is 10.9. The highest BCUT2D eigenvalue weighted by atomic mass is 16.5. The highest BCUT2D eigenvalue weighted by Gasteiger charge is 2.09. The Morgan fingerprint density at radius 2 is 2.00 bits per heavy atom. The van der Waals surface area contributed by atoms with Crippen molar-refractivity contribution >= 4 is 5.91 Å². The van der Waals surface area contributed by atoms with Crippen molar-refractivity contribution in [2.75, 3.05) is 20.3 Å². The molecule has 0 unspecified atom stereocenters. The molecule has 0 aromatic carbocycles. The Hall–Kier alpha value is -0.570. The third-order valence-electron chi connectivity index (χ3n) is 1.70. The van der Waals surface area contributed by atoms with E-state index in [9.17, 15) is 4.79 Å². The Morgan fingerprint density at radius 3 is 2.46 bits per heavy atom. The van der Waals surface area contributed by atoms with Crippen LogP contribution in [0, 0.1) is 5.41 Å². The molecule has 0 saturated heterocycles. The number of amides is 1. The van der Waals surface area contributed by atoms with Gasteiger partial charge in [0.2, 0.25) is 5.91 Å². The van der Waals surface area contributed by atoms with Gasteiger partial charge in [-0.3, -0.25) is 4.79 Å². The average Bonchev–Trinajstić information content (AvgIpc) is 1.97. The Morgan fingerprint density at radius 1 is 1.38 bits per heavy atom. The van der Waals surface area contributed by atoms with Crippen molar-refractivity contribution < 1.29 is 9.53 Å². The standard InChI is InChI=1S/C10H21NO2/c1-10(2,3)6-5-7-11-9(12)8-13-4/h5-8H2,1-4H3,(H,11,12). The third-order valence-corrected chi connectivity index (χ3v) is 1.70. The molecule has 0 spiro atoms. The molecule has 0 aromatic heterocycles. The third kappa shape index (κ3) is 9.34. The lowest BCUT2D eigenvalue weighted by molar-refractivity contribution is -0.124. The van der Waals surface area contributed by atoms with E-state index in [1.165, 1.54) is 7.11 Å². The van der Waals surface area contributed by atoms with Crippen molar-refractivity contribution in [1.29, 1.82) is 0 Å². The van der Waals surface area contributed by atoms with Crippen molar-refractivity contribution in [3.63, 3.8) is 0 Å². The first-order chi connectivity index (χ1) is 5.95. The van der Waals surface area contributed by atoms with Gasteiger partial charge in [0.1, 0.15) is 6.61 Å². The highest BCUT2D eigenvalue weighted by molar-refractivity contribution is 5.77. The fraction of sp³-hybridized carbons (Fsp3) is 0.900. The first-order valence-corrected chi connectivity index (χ1v) is 4.71. The predicted octanol–water partition coefficient (Wildman–Crippen LogP) is 1.58. The van der Waals surface area contributed by atoms with Crippen molar-refractivity contribution in [3.05, 3.63) is 0 Å². The first kappa shape index (κ1) is 12.4. The quantitative estimate of drug-likeness (QED) is 0.663. The molecule has 13 heavy (non-hydrogen) atoms. The van der Waals surface area contributed by atoms with E-state index in [0.29, 0.717) is 5.41 Å². The molecule has 1 amide bonds. The minimum Gasteiger partial charge on any atom is -0.375 e. The van der Waals surface area contributed by atoms with Gasteiger partial charge in [0, 0.05) is 13.7 Å². The molecule has 0 aliphatic carbocycles. The number of methoxy groups -OCH3 is 1. The van der Waals surface area contributed by atoms with Crippen molar-refractivity contribution in [2.45, 2.75) is 33.6 Å². The Kier molecular flexibility index (Phi) is 5.71. The van der Waals surface area contributed by atoms with E-state index in [4.69, 9.17) is 0 Å². The van der Waals surface area contributed by atoms with E-state index in [-0.39, 0.29) is 12.5 Å². The zero-order chi connectivity index (χ0) is 10.3. The molecule has 0 atom stereocenters. The Balaban J connectivity index is 3.31. The van der Waals surface area contributed by atoms with Gasteiger partial charge in [0.15, 0.2) is 0 Å². The summed E-state index contributed by atoms with van der Waals surface area (Å²) in [4.78, 5) is 10.9. The summed E-state index contributed by atoms with van der Waals surface area (Å²) in [6.07, 6.45) is 2.15. The van der Waals surface area contributed by atoms with Crippen molar-refractivity contribution in [1.82, 2.24) is 5.32 Å². The summed E-state index contributed by atoms with van der Waals surface area (Å²) in [7, 11) is 1.52. The van der Waals surface area contributed by atoms with E-state index in [0.717, 1.165) is 19.4 Å². The zero-order valence-electron chi connectivity index (χ0n) is 9.14. The minimum atomic E-state index is -0.0311. The summed E-state index contributed by atoms with van der Waals surface area (Å²) in [5.41, 5.74) is 0.353. The molecule has 0 saturated carbocycles. The molecule has 0 aromatic rings. The average molecular weight is 187 g/mol. The van der Waals surface area contributed by atoms with Crippen LogP contribution in [0.1, 0.15) is 33.6 Å². The lowest BCUT2D eigenvalue weighted by Crippen LogP contribution is -2.28. The second kappa shape index (κ2) is 5.97. The van der Waals surface area contributed by atoms with Crippen LogP contribution < -0.4 is 5.32 Å². The number of ether oxygens (including phenoxy) is 1. The van der Waals surface area contributed by atoms with Crippen LogP contribution in [0.3, 0.4) is 0 Å². The van der Waals surface area contributed by atoms with Crippen LogP contribution in [0.2, 0.25) is 0 Å². The van der Waals surface area contributed by atoms with Crippen molar-refractivity contribution in [3.8, 4) is 0 Å². The highest BCUT2D eigenvalue weighted by Crippen LogP contribution is 2.19. The van der Waals surface area contributed by atoms with Gasteiger partial charge in [0.05, 0.1) is 0 Å². The number of nitrogens with one attached hydrogen (secondary N) is 1. The monoisotopic (exact) mass is 187 g/mol. The molecular formula is C10H21NO2. The summed E-state index contributed by atoms with van der Waals surface area (Å²) in [5.74, 6) is -0.0311. The SMILES string of the molecule is COCC(=O)NCCCC(C)(C)C.